The highest BCUT2D eigenvalue weighted by atomic mass is 19.1. The van der Waals surface area contributed by atoms with Crippen LogP contribution < -0.4 is 16.4 Å². The van der Waals surface area contributed by atoms with E-state index in [2.05, 4.69) is 10.6 Å². The van der Waals surface area contributed by atoms with E-state index in [-0.39, 0.29) is 18.0 Å². The number of hydrogen-bond donors (Lipinski definition) is 3. The van der Waals surface area contributed by atoms with E-state index in [4.69, 9.17) is 10.5 Å². The number of primary amides is 1. The lowest BCUT2D eigenvalue weighted by molar-refractivity contribution is -0.121. The van der Waals surface area contributed by atoms with Crippen molar-refractivity contribution in [3.05, 3.63) is 35.1 Å². The summed E-state index contributed by atoms with van der Waals surface area (Å²) in [6.45, 7) is 1.64. The fourth-order valence-corrected chi connectivity index (χ4v) is 1.65. The Morgan fingerprint density at radius 2 is 2.10 bits per heavy atom. The number of benzene rings is 1. The van der Waals surface area contributed by atoms with Gasteiger partial charge in [0.2, 0.25) is 11.8 Å². The third kappa shape index (κ3) is 6.33. The molecule has 0 atom stereocenters. The summed E-state index contributed by atoms with van der Waals surface area (Å²) in [5.74, 6) is -1.26. The first-order chi connectivity index (χ1) is 10.0. The van der Waals surface area contributed by atoms with Crippen molar-refractivity contribution in [3.63, 3.8) is 0 Å². The number of rotatable bonds is 9. The van der Waals surface area contributed by atoms with Crippen LogP contribution in [-0.4, -0.2) is 38.6 Å². The highest BCUT2D eigenvalue weighted by molar-refractivity contribution is 5.92. The quantitative estimate of drug-likeness (QED) is 0.566. The highest BCUT2D eigenvalue weighted by Crippen LogP contribution is 2.09. The van der Waals surface area contributed by atoms with Crippen molar-refractivity contribution in [2.45, 2.75) is 13.0 Å². The Morgan fingerprint density at radius 3 is 2.71 bits per heavy atom. The third-order valence-corrected chi connectivity index (χ3v) is 2.81. The van der Waals surface area contributed by atoms with Crippen molar-refractivity contribution >= 4 is 11.8 Å². The zero-order chi connectivity index (χ0) is 15.7. The minimum atomic E-state index is -0.666. The van der Waals surface area contributed by atoms with Crippen molar-refractivity contribution in [1.82, 2.24) is 10.6 Å². The molecule has 0 bridgehead atoms. The predicted molar refractivity (Wildman–Crippen MR) is 76.1 cm³/mol. The molecule has 0 saturated heterocycles. The normalized spacial score (nSPS) is 10.4. The van der Waals surface area contributed by atoms with Crippen molar-refractivity contribution in [3.8, 4) is 0 Å². The van der Waals surface area contributed by atoms with Crippen LogP contribution in [0, 0.1) is 5.82 Å². The lowest BCUT2D eigenvalue weighted by atomic mass is 10.1. The molecule has 0 radical (unpaired) electrons. The van der Waals surface area contributed by atoms with Crippen LogP contribution in [0.1, 0.15) is 22.3 Å². The van der Waals surface area contributed by atoms with Crippen LogP contribution in [0.5, 0.6) is 0 Å². The van der Waals surface area contributed by atoms with Crippen LogP contribution in [-0.2, 0) is 16.1 Å². The van der Waals surface area contributed by atoms with Crippen LogP contribution in [0.4, 0.5) is 4.39 Å². The van der Waals surface area contributed by atoms with Crippen molar-refractivity contribution in [2.75, 3.05) is 26.8 Å². The molecule has 6 nitrogen and oxygen atoms in total. The van der Waals surface area contributed by atoms with Gasteiger partial charge in [-0.3, -0.25) is 9.59 Å². The van der Waals surface area contributed by atoms with Gasteiger partial charge >= 0.3 is 0 Å². The fourth-order valence-electron chi connectivity index (χ4n) is 1.65. The summed E-state index contributed by atoms with van der Waals surface area (Å²) in [5, 5.41) is 5.65. The molecular weight excluding hydrogens is 277 g/mol. The second-order valence-corrected chi connectivity index (χ2v) is 4.44. The maximum atomic E-state index is 13.7. The Balaban J connectivity index is 2.30. The van der Waals surface area contributed by atoms with Crippen LogP contribution in [0.3, 0.4) is 0 Å². The van der Waals surface area contributed by atoms with Crippen LogP contribution in [0.15, 0.2) is 18.2 Å². The molecule has 0 spiro atoms. The van der Waals surface area contributed by atoms with Crippen molar-refractivity contribution < 1.29 is 18.7 Å². The molecule has 0 aliphatic heterocycles. The molecule has 0 aliphatic rings. The molecule has 1 aromatic carbocycles. The summed E-state index contributed by atoms with van der Waals surface area (Å²) in [6.07, 6.45) is 0.296. The van der Waals surface area contributed by atoms with E-state index in [9.17, 15) is 14.0 Å². The summed E-state index contributed by atoms with van der Waals surface area (Å²) >= 11 is 0. The third-order valence-electron chi connectivity index (χ3n) is 2.81. The van der Waals surface area contributed by atoms with Gasteiger partial charge in [0, 0.05) is 44.3 Å². The molecule has 21 heavy (non-hydrogen) atoms. The predicted octanol–water partition coefficient (Wildman–Crippen LogP) is 0.167. The average molecular weight is 297 g/mol. The van der Waals surface area contributed by atoms with E-state index in [1.165, 1.54) is 12.1 Å². The molecule has 2 amide bonds. The van der Waals surface area contributed by atoms with Crippen LogP contribution in [0.25, 0.3) is 0 Å². The number of amides is 2. The van der Waals surface area contributed by atoms with E-state index in [0.717, 1.165) is 6.07 Å². The Labute approximate surface area is 122 Å². The maximum absolute atomic E-state index is 13.7. The maximum Gasteiger partial charge on any atom is 0.248 e. The molecule has 1 aromatic rings. The minimum absolute atomic E-state index is 0.0934. The highest BCUT2D eigenvalue weighted by Gasteiger charge is 2.07. The number of carbonyl (C=O) groups excluding carboxylic acids is 2. The molecule has 4 N–H and O–H groups in total. The number of halogens is 1. The molecule has 0 fully saturated rings. The molecule has 0 aromatic heterocycles. The van der Waals surface area contributed by atoms with Gasteiger partial charge in [-0.1, -0.05) is 6.07 Å². The summed E-state index contributed by atoms with van der Waals surface area (Å²) in [4.78, 5) is 22.3. The molecule has 0 aliphatic carbocycles. The van der Waals surface area contributed by atoms with Gasteiger partial charge in [0.15, 0.2) is 0 Å². The monoisotopic (exact) mass is 297 g/mol. The second kappa shape index (κ2) is 9.04. The van der Waals surface area contributed by atoms with Crippen molar-refractivity contribution in [2.24, 2.45) is 5.73 Å². The van der Waals surface area contributed by atoms with Gasteiger partial charge in [0.25, 0.3) is 0 Å². The van der Waals surface area contributed by atoms with E-state index in [1.807, 2.05) is 0 Å². The Kier molecular flexibility index (Phi) is 7.34. The lowest BCUT2D eigenvalue weighted by Gasteiger charge is -2.07. The molecule has 1 rings (SSSR count). The molecule has 0 unspecified atom stereocenters. The lowest BCUT2D eigenvalue weighted by Crippen LogP contribution is -2.30. The fraction of sp³-hybridized carbons (Fsp3) is 0.429. The number of methoxy groups -OCH3 is 1. The number of nitrogens with one attached hydrogen (secondary N) is 2. The first kappa shape index (κ1) is 17.1. The number of nitrogens with two attached hydrogens (primary N) is 1. The zero-order valence-corrected chi connectivity index (χ0v) is 11.9. The smallest absolute Gasteiger partial charge is 0.248 e. The van der Waals surface area contributed by atoms with Crippen LogP contribution in [0.2, 0.25) is 0 Å². The van der Waals surface area contributed by atoms with Crippen LogP contribution >= 0.6 is 0 Å². The summed E-state index contributed by atoms with van der Waals surface area (Å²) in [7, 11) is 1.56. The molecule has 0 saturated carbocycles. The summed E-state index contributed by atoms with van der Waals surface area (Å²) in [5.41, 5.74) is 5.61. The van der Waals surface area contributed by atoms with Gasteiger partial charge in [0.05, 0.1) is 6.61 Å². The Bertz CT molecular complexity index is 494. The number of hydrogen-bond acceptors (Lipinski definition) is 4. The molecule has 0 heterocycles. The van der Waals surface area contributed by atoms with Gasteiger partial charge in [0.1, 0.15) is 5.82 Å². The van der Waals surface area contributed by atoms with E-state index < -0.39 is 11.7 Å². The minimum Gasteiger partial charge on any atom is -0.383 e. The van der Waals surface area contributed by atoms with Gasteiger partial charge in [-0.2, -0.15) is 0 Å². The first-order valence-electron chi connectivity index (χ1n) is 6.59. The van der Waals surface area contributed by atoms with E-state index in [1.54, 1.807) is 7.11 Å². The van der Waals surface area contributed by atoms with Gasteiger partial charge < -0.3 is 21.1 Å². The molecule has 7 heteroatoms. The van der Waals surface area contributed by atoms with Gasteiger partial charge in [-0.25, -0.2) is 4.39 Å². The van der Waals surface area contributed by atoms with Gasteiger partial charge in [-0.15, -0.1) is 0 Å². The van der Waals surface area contributed by atoms with E-state index >= 15 is 0 Å². The zero-order valence-electron chi connectivity index (χ0n) is 11.9. The second-order valence-electron chi connectivity index (χ2n) is 4.44. The molecular formula is C14H20FN3O3. The standard InChI is InChI=1S/C14H20FN3O3/c1-21-7-6-18-13(19)4-5-17-9-11-3-2-10(14(16)20)8-12(11)15/h2-3,8,17H,4-7,9H2,1H3,(H2,16,20)(H,18,19). The Hall–Kier alpha value is -1.99. The number of ether oxygens (including phenoxy) is 1. The molecule has 116 valence electrons. The first-order valence-corrected chi connectivity index (χ1v) is 6.59. The van der Waals surface area contributed by atoms with Crippen molar-refractivity contribution in [1.29, 1.82) is 0 Å². The number of carbonyl (C=O) groups is 2. The Morgan fingerprint density at radius 1 is 1.33 bits per heavy atom. The topological polar surface area (TPSA) is 93.4 Å². The average Bonchev–Trinajstić information content (AvgIpc) is 2.45. The SMILES string of the molecule is COCCNC(=O)CCNCc1ccc(C(N)=O)cc1F. The van der Waals surface area contributed by atoms with Gasteiger partial charge in [-0.05, 0) is 12.1 Å². The summed E-state index contributed by atoms with van der Waals surface area (Å²) in [6, 6.07) is 4.08. The largest absolute Gasteiger partial charge is 0.383 e. The van der Waals surface area contributed by atoms with E-state index in [0.29, 0.717) is 31.7 Å². The summed E-state index contributed by atoms with van der Waals surface area (Å²) < 4.78 is 18.5.